The lowest BCUT2D eigenvalue weighted by Crippen LogP contribution is -2.44. The maximum absolute atomic E-state index is 5.68. The molecule has 0 aromatic rings. The predicted molar refractivity (Wildman–Crippen MR) is 77.7 cm³/mol. The lowest BCUT2D eigenvalue weighted by molar-refractivity contribution is 0.104. The van der Waals surface area contributed by atoms with Gasteiger partial charge in [-0.1, -0.05) is 26.2 Å². The van der Waals surface area contributed by atoms with Gasteiger partial charge >= 0.3 is 0 Å². The Balaban J connectivity index is 1.87. The summed E-state index contributed by atoms with van der Waals surface area (Å²) in [5.41, 5.74) is 5.68. The van der Waals surface area contributed by atoms with E-state index >= 15 is 0 Å². The van der Waals surface area contributed by atoms with E-state index in [4.69, 9.17) is 5.73 Å². The van der Waals surface area contributed by atoms with Crippen LogP contribution in [0.2, 0.25) is 0 Å². The molecule has 2 N–H and O–H groups in total. The topological polar surface area (TPSA) is 32.5 Å². The quantitative estimate of drug-likeness (QED) is 0.831. The molecule has 0 radical (unpaired) electrons. The largest absolute Gasteiger partial charge is 0.329 e. The highest BCUT2D eigenvalue weighted by Gasteiger charge is 2.29. The second-order valence-corrected chi connectivity index (χ2v) is 6.04. The molecule has 0 aromatic carbocycles. The molecule has 0 bridgehead atoms. The van der Waals surface area contributed by atoms with Gasteiger partial charge in [0.05, 0.1) is 0 Å². The zero-order valence-electron chi connectivity index (χ0n) is 12.1. The molecule has 2 fully saturated rings. The molecule has 1 saturated carbocycles. The Morgan fingerprint density at radius 2 is 1.83 bits per heavy atom. The van der Waals surface area contributed by atoms with Crippen LogP contribution in [0.4, 0.5) is 0 Å². The van der Waals surface area contributed by atoms with Crippen LogP contribution in [0.1, 0.15) is 45.4 Å². The minimum Gasteiger partial charge on any atom is -0.329 e. The number of hydrogen-bond acceptors (Lipinski definition) is 3. The molecule has 3 nitrogen and oxygen atoms in total. The van der Waals surface area contributed by atoms with Crippen molar-refractivity contribution in [2.45, 2.75) is 51.5 Å². The summed E-state index contributed by atoms with van der Waals surface area (Å²) < 4.78 is 0. The van der Waals surface area contributed by atoms with Crippen molar-refractivity contribution in [2.24, 2.45) is 11.7 Å². The molecule has 1 saturated heterocycles. The standard InChI is InChI=1S/C15H31N3/c1-2-14-6-3-4-7-15(14)18-10-5-9-17(11-8-16)12-13-18/h14-15H,2-13,16H2,1H3. The van der Waals surface area contributed by atoms with Crippen LogP contribution in [0.5, 0.6) is 0 Å². The average Bonchev–Trinajstić information content (AvgIpc) is 2.65. The van der Waals surface area contributed by atoms with Gasteiger partial charge in [-0.3, -0.25) is 4.90 Å². The van der Waals surface area contributed by atoms with Gasteiger partial charge in [0.25, 0.3) is 0 Å². The van der Waals surface area contributed by atoms with Crippen molar-refractivity contribution in [3.63, 3.8) is 0 Å². The molecule has 2 unspecified atom stereocenters. The number of rotatable bonds is 4. The molecular weight excluding hydrogens is 222 g/mol. The number of hydrogen-bond donors (Lipinski definition) is 1. The normalized spacial score (nSPS) is 32.3. The summed E-state index contributed by atoms with van der Waals surface area (Å²) in [7, 11) is 0. The Morgan fingerprint density at radius 1 is 1.00 bits per heavy atom. The van der Waals surface area contributed by atoms with Gasteiger partial charge in [0.15, 0.2) is 0 Å². The highest BCUT2D eigenvalue weighted by Crippen LogP contribution is 2.31. The Kier molecular flexibility index (Phi) is 5.93. The van der Waals surface area contributed by atoms with Crippen molar-refractivity contribution < 1.29 is 0 Å². The number of nitrogens with zero attached hydrogens (tertiary/aromatic N) is 2. The molecule has 18 heavy (non-hydrogen) atoms. The highest BCUT2D eigenvalue weighted by atomic mass is 15.2. The zero-order chi connectivity index (χ0) is 12.8. The Labute approximate surface area is 113 Å². The summed E-state index contributed by atoms with van der Waals surface area (Å²) in [4.78, 5) is 5.34. The van der Waals surface area contributed by atoms with Crippen LogP contribution in [0.15, 0.2) is 0 Å². The van der Waals surface area contributed by atoms with E-state index in [0.29, 0.717) is 0 Å². The smallest absolute Gasteiger partial charge is 0.0124 e. The first-order valence-corrected chi connectivity index (χ1v) is 8.01. The van der Waals surface area contributed by atoms with E-state index in [9.17, 15) is 0 Å². The molecule has 1 aliphatic heterocycles. The average molecular weight is 253 g/mol. The summed E-state index contributed by atoms with van der Waals surface area (Å²) in [6.45, 7) is 9.31. The van der Waals surface area contributed by atoms with Crippen LogP contribution < -0.4 is 5.73 Å². The van der Waals surface area contributed by atoms with Gasteiger partial charge in [0, 0.05) is 32.2 Å². The van der Waals surface area contributed by atoms with E-state index in [0.717, 1.165) is 25.0 Å². The van der Waals surface area contributed by atoms with Crippen LogP contribution in [0.25, 0.3) is 0 Å². The Hall–Kier alpha value is -0.120. The summed E-state index contributed by atoms with van der Waals surface area (Å²) >= 11 is 0. The fourth-order valence-corrected chi connectivity index (χ4v) is 3.87. The third-order valence-corrected chi connectivity index (χ3v) is 4.93. The third-order valence-electron chi connectivity index (χ3n) is 4.93. The van der Waals surface area contributed by atoms with E-state index in [1.807, 2.05) is 0 Å². The van der Waals surface area contributed by atoms with Crippen molar-refractivity contribution in [3.05, 3.63) is 0 Å². The first-order valence-electron chi connectivity index (χ1n) is 8.01. The summed E-state index contributed by atoms with van der Waals surface area (Å²) in [5, 5.41) is 0. The van der Waals surface area contributed by atoms with Crippen molar-refractivity contribution in [2.75, 3.05) is 39.3 Å². The molecule has 3 heteroatoms. The van der Waals surface area contributed by atoms with Crippen molar-refractivity contribution in [1.82, 2.24) is 9.80 Å². The monoisotopic (exact) mass is 253 g/mol. The molecule has 0 aromatic heterocycles. The van der Waals surface area contributed by atoms with Crippen LogP contribution in [-0.2, 0) is 0 Å². The lowest BCUT2D eigenvalue weighted by Gasteiger charge is -2.39. The lowest BCUT2D eigenvalue weighted by atomic mass is 9.82. The van der Waals surface area contributed by atoms with Crippen LogP contribution >= 0.6 is 0 Å². The fraction of sp³-hybridized carbons (Fsp3) is 1.00. The number of nitrogens with two attached hydrogens (primary N) is 1. The van der Waals surface area contributed by atoms with Gasteiger partial charge in [-0.25, -0.2) is 0 Å². The summed E-state index contributed by atoms with van der Waals surface area (Å²) in [6.07, 6.45) is 8.51. The maximum atomic E-state index is 5.68. The fourth-order valence-electron chi connectivity index (χ4n) is 3.87. The zero-order valence-corrected chi connectivity index (χ0v) is 12.1. The molecule has 1 aliphatic carbocycles. The first-order chi connectivity index (χ1) is 8.85. The van der Waals surface area contributed by atoms with Gasteiger partial charge in [0.1, 0.15) is 0 Å². The van der Waals surface area contributed by atoms with Crippen molar-refractivity contribution in [1.29, 1.82) is 0 Å². The molecular formula is C15H31N3. The van der Waals surface area contributed by atoms with Crippen molar-refractivity contribution >= 4 is 0 Å². The van der Waals surface area contributed by atoms with Crippen LogP contribution in [0.3, 0.4) is 0 Å². The van der Waals surface area contributed by atoms with Gasteiger partial charge < -0.3 is 10.6 Å². The molecule has 1 heterocycles. The minimum absolute atomic E-state index is 0.807. The second-order valence-electron chi connectivity index (χ2n) is 6.04. The molecule has 2 atom stereocenters. The highest BCUT2D eigenvalue weighted by molar-refractivity contribution is 4.84. The van der Waals surface area contributed by atoms with Crippen LogP contribution in [0, 0.1) is 5.92 Å². The molecule has 0 spiro atoms. The van der Waals surface area contributed by atoms with Crippen LogP contribution in [-0.4, -0.2) is 55.1 Å². The maximum Gasteiger partial charge on any atom is 0.0124 e. The van der Waals surface area contributed by atoms with Gasteiger partial charge in [-0.05, 0) is 38.3 Å². The second kappa shape index (κ2) is 7.46. The molecule has 2 rings (SSSR count). The van der Waals surface area contributed by atoms with Gasteiger partial charge in [0.2, 0.25) is 0 Å². The predicted octanol–water partition coefficient (Wildman–Crippen LogP) is 1.92. The molecule has 2 aliphatic rings. The van der Waals surface area contributed by atoms with Crippen molar-refractivity contribution in [3.8, 4) is 0 Å². The van der Waals surface area contributed by atoms with E-state index < -0.39 is 0 Å². The van der Waals surface area contributed by atoms with Gasteiger partial charge in [-0.2, -0.15) is 0 Å². The third kappa shape index (κ3) is 3.69. The SMILES string of the molecule is CCC1CCCCC1N1CCCN(CCN)CC1. The molecule has 0 amide bonds. The van der Waals surface area contributed by atoms with E-state index in [-0.39, 0.29) is 0 Å². The first kappa shape index (κ1) is 14.3. The molecule has 106 valence electrons. The van der Waals surface area contributed by atoms with E-state index in [2.05, 4.69) is 16.7 Å². The summed E-state index contributed by atoms with van der Waals surface area (Å²) in [5.74, 6) is 0.958. The van der Waals surface area contributed by atoms with Gasteiger partial charge in [-0.15, -0.1) is 0 Å². The van der Waals surface area contributed by atoms with E-state index in [1.54, 1.807) is 0 Å². The van der Waals surface area contributed by atoms with E-state index in [1.165, 1.54) is 64.7 Å². The summed E-state index contributed by atoms with van der Waals surface area (Å²) in [6, 6.07) is 0.876. The minimum atomic E-state index is 0.807. The Bertz CT molecular complexity index is 232. The Morgan fingerprint density at radius 3 is 2.61 bits per heavy atom.